The van der Waals surface area contributed by atoms with Gasteiger partial charge in [0.25, 0.3) is 11.8 Å². The van der Waals surface area contributed by atoms with Gasteiger partial charge < -0.3 is 19.8 Å². The van der Waals surface area contributed by atoms with Crippen LogP contribution in [0.4, 0.5) is 11.4 Å². The van der Waals surface area contributed by atoms with E-state index in [1.54, 1.807) is 36.4 Å². The van der Waals surface area contributed by atoms with Gasteiger partial charge in [-0.1, -0.05) is 12.1 Å². The second kappa shape index (κ2) is 6.44. The molecule has 1 aliphatic rings. The van der Waals surface area contributed by atoms with Crippen LogP contribution in [0.2, 0.25) is 0 Å². The lowest BCUT2D eigenvalue weighted by molar-refractivity contribution is -0.124. The van der Waals surface area contributed by atoms with Crippen molar-refractivity contribution in [3.8, 4) is 0 Å². The van der Waals surface area contributed by atoms with E-state index in [4.69, 9.17) is 9.15 Å². The number of carbonyl (C=O) groups is 2. The summed E-state index contributed by atoms with van der Waals surface area (Å²) in [4.78, 5) is 24.1. The molecule has 1 aliphatic heterocycles. The largest absolute Gasteiger partial charge is 0.459 e. The lowest BCUT2D eigenvalue weighted by Gasteiger charge is -2.14. The first-order valence-electron chi connectivity index (χ1n) is 7.10. The van der Waals surface area contributed by atoms with Crippen molar-refractivity contribution < 1.29 is 18.7 Å². The molecule has 0 spiro atoms. The molecule has 6 nitrogen and oxygen atoms in total. The molecule has 0 radical (unpaired) electrons. The van der Waals surface area contributed by atoms with E-state index >= 15 is 0 Å². The number of hydrogen-bond donors (Lipinski definition) is 2. The first-order chi connectivity index (χ1) is 10.7. The Morgan fingerprint density at radius 2 is 1.82 bits per heavy atom. The second-order valence-electron chi connectivity index (χ2n) is 4.97. The summed E-state index contributed by atoms with van der Waals surface area (Å²) in [6.07, 6.45) is 2.61. The highest BCUT2D eigenvalue weighted by Gasteiger charge is 2.24. The Hall–Kier alpha value is -2.60. The van der Waals surface area contributed by atoms with E-state index in [2.05, 4.69) is 10.6 Å². The maximum absolute atomic E-state index is 12.1. The van der Waals surface area contributed by atoms with Gasteiger partial charge in [0, 0.05) is 6.61 Å². The molecule has 0 saturated carbocycles. The molecule has 1 aromatic heterocycles. The molecule has 0 aliphatic carbocycles. The summed E-state index contributed by atoms with van der Waals surface area (Å²) in [6.45, 7) is 0.606. The fourth-order valence-corrected chi connectivity index (χ4v) is 2.29. The number of nitrogens with one attached hydrogen (secondary N) is 2. The summed E-state index contributed by atoms with van der Waals surface area (Å²) < 4.78 is 10.4. The minimum atomic E-state index is -0.422. The van der Waals surface area contributed by atoms with E-state index in [0.29, 0.717) is 24.4 Å². The Kier molecular flexibility index (Phi) is 4.20. The minimum absolute atomic E-state index is 0.197. The van der Waals surface area contributed by atoms with Gasteiger partial charge in [-0.2, -0.15) is 0 Å². The van der Waals surface area contributed by atoms with Gasteiger partial charge in [0.15, 0.2) is 5.76 Å². The van der Waals surface area contributed by atoms with Crippen LogP contribution in [0.25, 0.3) is 0 Å². The van der Waals surface area contributed by atoms with Crippen molar-refractivity contribution in [2.75, 3.05) is 17.2 Å². The number of hydrogen-bond acceptors (Lipinski definition) is 4. The number of anilines is 2. The van der Waals surface area contributed by atoms with Gasteiger partial charge in [0.1, 0.15) is 6.10 Å². The topological polar surface area (TPSA) is 80.6 Å². The molecule has 0 bridgehead atoms. The predicted molar refractivity (Wildman–Crippen MR) is 80.7 cm³/mol. The quantitative estimate of drug-likeness (QED) is 0.909. The Morgan fingerprint density at radius 1 is 1.05 bits per heavy atom. The number of amides is 2. The van der Waals surface area contributed by atoms with Crippen molar-refractivity contribution in [2.24, 2.45) is 0 Å². The maximum atomic E-state index is 12.1. The maximum Gasteiger partial charge on any atom is 0.291 e. The Balaban J connectivity index is 1.72. The van der Waals surface area contributed by atoms with Gasteiger partial charge in [0.2, 0.25) is 0 Å². The van der Waals surface area contributed by atoms with Crippen LogP contribution in [0.1, 0.15) is 23.4 Å². The van der Waals surface area contributed by atoms with E-state index in [9.17, 15) is 9.59 Å². The first kappa shape index (κ1) is 14.3. The summed E-state index contributed by atoms with van der Waals surface area (Å²) in [6, 6.07) is 10.2. The van der Waals surface area contributed by atoms with Crippen molar-refractivity contribution in [3.63, 3.8) is 0 Å². The number of benzene rings is 1. The average Bonchev–Trinajstić information content (AvgIpc) is 3.23. The van der Waals surface area contributed by atoms with Crippen LogP contribution < -0.4 is 10.6 Å². The molecule has 2 N–H and O–H groups in total. The van der Waals surface area contributed by atoms with Crippen LogP contribution in [0.5, 0.6) is 0 Å². The molecule has 1 saturated heterocycles. The number of ether oxygens (including phenoxy) is 1. The van der Waals surface area contributed by atoms with E-state index < -0.39 is 6.10 Å². The van der Waals surface area contributed by atoms with Crippen LogP contribution in [0.3, 0.4) is 0 Å². The SMILES string of the molecule is O=C(Nc1ccccc1NC(=O)C1CCCO1)c1ccco1. The molecule has 2 amide bonds. The fourth-order valence-electron chi connectivity index (χ4n) is 2.29. The second-order valence-corrected chi connectivity index (χ2v) is 4.97. The van der Waals surface area contributed by atoms with Gasteiger partial charge in [-0.25, -0.2) is 0 Å². The molecule has 1 atom stereocenters. The number of furan rings is 1. The van der Waals surface area contributed by atoms with Crippen LogP contribution >= 0.6 is 0 Å². The number of carbonyl (C=O) groups excluding carboxylic acids is 2. The van der Waals surface area contributed by atoms with Gasteiger partial charge in [-0.15, -0.1) is 0 Å². The van der Waals surface area contributed by atoms with Gasteiger partial charge >= 0.3 is 0 Å². The standard InChI is InChI=1S/C16H16N2O4/c19-15(13-7-3-9-21-13)17-11-5-1-2-6-12(11)18-16(20)14-8-4-10-22-14/h1-3,5-7,9,14H,4,8,10H2,(H,17,19)(H,18,20). The highest BCUT2D eigenvalue weighted by molar-refractivity contribution is 6.06. The van der Waals surface area contributed by atoms with E-state index in [-0.39, 0.29) is 17.6 Å². The van der Waals surface area contributed by atoms with Crippen molar-refractivity contribution in [3.05, 3.63) is 48.4 Å². The van der Waals surface area contributed by atoms with Crippen LogP contribution in [0.15, 0.2) is 47.1 Å². The molecule has 2 aromatic rings. The molecule has 1 unspecified atom stereocenters. The summed E-state index contributed by atoms with van der Waals surface area (Å²) in [5.74, 6) is -0.360. The molecule has 2 heterocycles. The van der Waals surface area contributed by atoms with Crippen LogP contribution in [-0.2, 0) is 9.53 Å². The lowest BCUT2D eigenvalue weighted by Crippen LogP contribution is -2.27. The monoisotopic (exact) mass is 300 g/mol. The zero-order valence-electron chi connectivity index (χ0n) is 11.9. The van der Waals surface area contributed by atoms with Crippen LogP contribution in [-0.4, -0.2) is 24.5 Å². The summed E-state index contributed by atoms with van der Waals surface area (Å²) in [5, 5.41) is 5.51. The molecular formula is C16H16N2O4. The minimum Gasteiger partial charge on any atom is -0.459 e. The number of rotatable bonds is 4. The highest BCUT2D eigenvalue weighted by Crippen LogP contribution is 2.23. The Bertz CT molecular complexity index is 661. The molecule has 114 valence electrons. The molecule has 1 aromatic carbocycles. The Labute approximate surface area is 127 Å². The van der Waals surface area contributed by atoms with E-state index in [0.717, 1.165) is 6.42 Å². The summed E-state index contributed by atoms with van der Waals surface area (Å²) in [7, 11) is 0. The highest BCUT2D eigenvalue weighted by atomic mass is 16.5. The lowest BCUT2D eigenvalue weighted by atomic mass is 10.2. The predicted octanol–water partition coefficient (Wildman–Crippen LogP) is 2.65. The van der Waals surface area contributed by atoms with Crippen molar-refractivity contribution in [1.29, 1.82) is 0 Å². The van der Waals surface area contributed by atoms with Crippen molar-refractivity contribution in [1.82, 2.24) is 0 Å². The average molecular weight is 300 g/mol. The molecule has 22 heavy (non-hydrogen) atoms. The van der Waals surface area contributed by atoms with Crippen molar-refractivity contribution >= 4 is 23.2 Å². The van der Waals surface area contributed by atoms with Gasteiger partial charge in [0.05, 0.1) is 17.6 Å². The van der Waals surface area contributed by atoms with Crippen molar-refractivity contribution in [2.45, 2.75) is 18.9 Å². The van der Waals surface area contributed by atoms with Crippen LogP contribution in [0, 0.1) is 0 Å². The smallest absolute Gasteiger partial charge is 0.291 e. The third-order valence-electron chi connectivity index (χ3n) is 3.40. The first-order valence-corrected chi connectivity index (χ1v) is 7.10. The van der Waals surface area contributed by atoms with E-state index in [1.165, 1.54) is 6.26 Å². The van der Waals surface area contributed by atoms with Gasteiger partial charge in [-0.05, 0) is 37.1 Å². The number of para-hydroxylation sites is 2. The zero-order valence-corrected chi connectivity index (χ0v) is 11.9. The summed E-state index contributed by atoms with van der Waals surface area (Å²) in [5.41, 5.74) is 1.04. The Morgan fingerprint density at radius 3 is 2.45 bits per heavy atom. The third-order valence-corrected chi connectivity index (χ3v) is 3.40. The zero-order chi connectivity index (χ0) is 15.4. The molecule has 3 rings (SSSR count). The molecule has 6 heteroatoms. The van der Waals surface area contributed by atoms with Gasteiger partial charge in [-0.3, -0.25) is 9.59 Å². The normalized spacial score (nSPS) is 17.2. The third kappa shape index (κ3) is 3.17. The van der Waals surface area contributed by atoms with E-state index in [1.807, 2.05) is 0 Å². The fraction of sp³-hybridized carbons (Fsp3) is 0.250. The summed E-state index contributed by atoms with van der Waals surface area (Å²) >= 11 is 0. The molecular weight excluding hydrogens is 284 g/mol. The molecule has 1 fully saturated rings.